The van der Waals surface area contributed by atoms with Gasteiger partial charge < -0.3 is 17.8 Å². The number of quaternary nitrogens is 1. The summed E-state index contributed by atoms with van der Waals surface area (Å²) in [5.41, 5.74) is 0. The maximum Gasteiger partial charge on any atom is 0.501 e. The summed E-state index contributed by atoms with van der Waals surface area (Å²) < 4.78 is 20.4. The highest BCUT2D eigenvalue weighted by Crippen LogP contribution is 2.22. The van der Waals surface area contributed by atoms with Crippen molar-refractivity contribution in [2.45, 2.75) is 156 Å². The van der Waals surface area contributed by atoms with E-state index in [-0.39, 0.29) is 0 Å². The van der Waals surface area contributed by atoms with Crippen molar-refractivity contribution >= 4 is 8.80 Å². The summed E-state index contributed by atoms with van der Waals surface area (Å²) in [6.07, 6.45) is 24.9. The Morgan fingerprint density at radius 3 is 1.14 bits per heavy atom. The van der Waals surface area contributed by atoms with Crippen LogP contribution in [-0.2, 0) is 13.3 Å². The molecule has 0 aliphatic carbocycles. The molecule has 0 unspecified atom stereocenters. The minimum atomic E-state index is -2.59. The quantitative estimate of drug-likeness (QED) is 0.0547. The molecule has 0 radical (unpaired) electrons. The Morgan fingerprint density at radius 1 is 0.417 bits per heavy atom. The van der Waals surface area contributed by atoms with Crippen LogP contribution in [0, 0.1) is 0 Å². The molecule has 0 aliphatic rings. The number of nitrogens with zero attached hydrogens (tertiary/aromatic N) is 1. The van der Waals surface area contributed by atoms with Crippen molar-refractivity contribution in [3.63, 3.8) is 0 Å². The van der Waals surface area contributed by atoms with E-state index in [1.807, 2.05) is 0 Å². The summed E-state index contributed by atoms with van der Waals surface area (Å²) in [7, 11) is 2.21. The van der Waals surface area contributed by atoms with E-state index in [0.717, 1.165) is 75.3 Å². The van der Waals surface area contributed by atoms with Gasteiger partial charge in [0.1, 0.15) is 0 Å². The fourth-order valence-corrected chi connectivity index (χ4v) is 7.31. The molecule has 0 heterocycles. The maximum absolute atomic E-state index is 6.44. The van der Waals surface area contributed by atoms with Gasteiger partial charge in [0.05, 0.1) is 27.2 Å². The Bertz CT molecular complexity index is 421. The molecule has 0 rings (SSSR count). The lowest BCUT2D eigenvalue weighted by atomic mass is 10.1. The zero-order valence-electron chi connectivity index (χ0n) is 25.8. The van der Waals surface area contributed by atoms with Crippen molar-refractivity contribution in [2.24, 2.45) is 0 Å². The van der Waals surface area contributed by atoms with Crippen LogP contribution in [0.5, 0.6) is 0 Å². The van der Waals surface area contributed by atoms with E-state index in [9.17, 15) is 0 Å². The van der Waals surface area contributed by atoms with Crippen molar-refractivity contribution in [3.05, 3.63) is 0 Å². The third-order valence-corrected chi connectivity index (χ3v) is 10.2. The summed E-state index contributed by atoms with van der Waals surface area (Å²) in [5, 5.41) is 0. The maximum atomic E-state index is 6.44. The van der Waals surface area contributed by atoms with Gasteiger partial charge in [-0.3, -0.25) is 0 Å². The zero-order chi connectivity index (χ0) is 26.8. The molecule has 0 saturated heterocycles. The Hall–Kier alpha value is 0.0569. The Morgan fingerprint density at radius 2 is 0.750 bits per heavy atom. The van der Waals surface area contributed by atoms with Crippen LogP contribution in [0.3, 0.4) is 0 Å². The lowest BCUT2D eigenvalue weighted by Gasteiger charge is -2.33. The molecular formula is C31H68NO3Si+. The van der Waals surface area contributed by atoms with Crippen LogP contribution in [0.4, 0.5) is 0 Å². The van der Waals surface area contributed by atoms with Gasteiger partial charge in [0.25, 0.3) is 0 Å². The first-order valence-corrected chi connectivity index (χ1v) is 18.1. The minimum Gasteiger partial charge on any atom is -0.373 e. The zero-order valence-corrected chi connectivity index (χ0v) is 26.8. The lowest BCUT2D eigenvalue weighted by Crippen LogP contribution is -2.48. The van der Waals surface area contributed by atoms with E-state index < -0.39 is 8.80 Å². The average molecular weight is 531 g/mol. The first kappa shape index (κ1) is 36.1. The molecule has 218 valence electrons. The third kappa shape index (κ3) is 22.1. The minimum absolute atomic E-state index is 0.776. The summed E-state index contributed by atoms with van der Waals surface area (Å²) in [4.78, 5) is 0. The summed E-state index contributed by atoms with van der Waals surface area (Å²) >= 11 is 0. The average Bonchev–Trinajstić information content (AvgIpc) is 2.85. The Labute approximate surface area is 229 Å². The molecule has 0 saturated carbocycles. The first-order chi connectivity index (χ1) is 17.4. The molecule has 0 bridgehead atoms. The third-order valence-electron chi connectivity index (χ3n) is 7.32. The standard InChI is InChI=1S/C31H68NO3Si/c1-7-11-15-16-17-18-19-20-21-22-23-24-26-32(5,6)27-25-31-36(33-28-12-8-2,34-29-13-9-3)35-30-14-10-4/h7-31H2,1-6H3/q+1. The second-order valence-corrected chi connectivity index (χ2v) is 14.4. The van der Waals surface area contributed by atoms with Gasteiger partial charge >= 0.3 is 8.80 Å². The summed E-state index contributed by atoms with van der Waals surface area (Å²) in [6, 6.07) is 0.963. The van der Waals surface area contributed by atoms with Crippen molar-refractivity contribution < 1.29 is 17.8 Å². The molecule has 0 amide bonds. The van der Waals surface area contributed by atoms with Gasteiger partial charge in [0, 0.05) is 32.3 Å². The molecule has 0 atom stereocenters. The van der Waals surface area contributed by atoms with Gasteiger partial charge in [-0.15, -0.1) is 0 Å². The highest BCUT2D eigenvalue weighted by molar-refractivity contribution is 6.60. The van der Waals surface area contributed by atoms with Crippen LogP contribution in [-0.4, -0.2) is 60.3 Å². The fraction of sp³-hybridized carbons (Fsp3) is 1.00. The molecule has 0 aromatic heterocycles. The molecule has 0 aromatic rings. The summed E-state index contributed by atoms with van der Waals surface area (Å²) in [6.45, 7) is 13.7. The van der Waals surface area contributed by atoms with Crippen molar-refractivity contribution in [1.29, 1.82) is 0 Å². The van der Waals surface area contributed by atoms with Crippen LogP contribution < -0.4 is 0 Å². The predicted octanol–water partition coefficient (Wildman–Crippen LogP) is 9.54. The van der Waals surface area contributed by atoms with Crippen molar-refractivity contribution in [2.75, 3.05) is 47.0 Å². The molecule has 0 aliphatic heterocycles. The van der Waals surface area contributed by atoms with E-state index >= 15 is 0 Å². The van der Waals surface area contributed by atoms with Crippen LogP contribution in [0.15, 0.2) is 0 Å². The van der Waals surface area contributed by atoms with E-state index in [4.69, 9.17) is 13.3 Å². The molecule has 5 heteroatoms. The number of hydrogen-bond acceptors (Lipinski definition) is 3. The van der Waals surface area contributed by atoms with Gasteiger partial charge in [0.15, 0.2) is 0 Å². The number of unbranched alkanes of at least 4 members (excludes halogenated alkanes) is 14. The first-order valence-electron chi connectivity index (χ1n) is 16.2. The van der Waals surface area contributed by atoms with Gasteiger partial charge in [-0.1, -0.05) is 111 Å². The van der Waals surface area contributed by atoms with Gasteiger partial charge in [0.2, 0.25) is 0 Å². The largest absolute Gasteiger partial charge is 0.501 e. The highest BCUT2D eigenvalue weighted by Gasteiger charge is 2.41. The van der Waals surface area contributed by atoms with E-state index in [1.54, 1.807) is 0 Å². The topological polar surface area (TPSA) is 27.7 Å². The SMILES string of the molecule is CCCCCCCCCCCCCC[N+](C)(C)CCC[Si](OCCCC)(OCCCC)OCCCC. The van der Waals surface area contributed by atoms with Crippen LogP contribution in [0.25, 0.3) is 0 Å². The predicted molar refractivity (Wildman–Crippen MR) is 161 cm³/mol. The van der Waals surface area contributed by atoms with E-state index in [0.29, 0.717) is 0 Å². The van der Waals surface area contributed by atoms with E-state index in [1.165, 1.54) is 90.1 Å². The van der Waals surface area contributed by atoms with Crippen LogP contribution in [0.2, 0.25) is 6.04 Å². The molecule has 0 aromatic carbocycles. The van der Waals surface area contributed by atoms with E-state index in [2.05, 4.69) is 41.8 Å². The van der Waals surface area contributed by atoms with Gasteiger partial charge in [-0.25, -0.2) is 0 Å². The van der Waals surface area contributed by atoms with Crippen LogP contribution >= 0.6 is 0 Å². The smallest absolute Gasteiger partial charge is 0.373 e. The lowest BCUT2D eigenvalue weighted by molar-refractivity contribution is -0.890. The molecule has 4 nitrogen and oxygen atoms in total. The molecule has 0 fully saturated rings. The van der Waals surface area contributed by atoms with Crippen molar-refractivity contribution in [3.8, 4) is 0 Å². The van der Waals surface area contributed by atoms with Crippen molar-refractivity contribution in [1.82, 2.24) is 0 Å². The highest BCUT2D eigenvalue weighted by atomic mass is 28.4. The van der Waals surface area contributed by atoms with Crippen LogP contribution in [0.1, 0.15) is 150 Å². The normalized spacial score (nSPS) is 12.5. The molecule has 36 heavy (non-hydrogen) atoms. The Balaban J connectivity index is 4.28. The van der Waals surface area contributed by atoms with Gasteiger partial charge in [-0.2, -0.15) is 0 Å². The molecule has 0 spiro atoms. The van der Waals surface area contributed by atoms with Gasteiger partial charge in [-0.05, 0) is 32.1 Å². The second-order valence-electron chi connectivity index (χ2n) is 11.7. The Kier molecular flexibility index (Phi) is 25.4. The molecule has 0 N–H and O–H groups in total. The summed E-state index contributed by atoms with van der Waals surface area (Å²) in [5.74, 6) is 0. The number of rotatable bonds is 29. The monoisotopic (exact) mass is 530 g/mol. The fourth-order valence-electron chi connectivity index (χ4n) is 4.67. The molecular weight excluding hydrogens is 462 g/mol. The number of hydrogen-bond donors (Lipinski definition) is 0. The second kappa shape index (κ2) is 25.3.